The van der Waals surface area contributed by atoms with E-state index in [0.717, 1.165) is 0 Å². The molecule has 64 valence electrons. The van der Waals surface area contributed by atoms with Crippen molar-refractivity contribution in [1.29, 1.82) is 0 Å². The van der Waals surface area contributed by atoms with Crippen molar-refractivity contribution in [2.45, 2.75) is 6.42 Å². The topological polar surface area (TPSA) is 38.7 Å². The molecule has 0 radical (unpaired) electrons. The van der Waals surface area contributed by atoms with Crippen LogP contribution in [0, 0.1) is 0 Å². The zero-order chi connectivity index (χ0) is 7.82. The molecule has 0 atom stereocenters. The summed E-state index contributed by atoms with van der Waals surface area (Å²) in [4.78, 5) is 14.0. The third-order valence-electron chi connectivity index (χ3n) is 0.744. The monoisotopic (exact) mass is 263 g/mol. The number of carbonyl (C=O) groups is 1. The summed E-state index contributed by atoms with van der Waals surface area (Å²) in [5, 5.41) is 0. The van der Waals surface area contributed by atoms with Gasteiger partial charge in [0, 0.05) is 18.8 Å². The average Bonchev–Trinajstić information content (AvgIpc) is 1.91. The molecule has 0 unspecified atom stereocenters. The van der Waals surface area contributed by atoms with Crippen LogP contribution in [0.15, 0.2) is 17.3 Å². The predicted molar refractivity (Wildman–Crippen MR) is 48.6 cm³/mol. The van der Waals surface area contributed by atoms with Crippen LogP contribution in [0.3, 0.4) is 0 Å². The molecule has 11 heavy (non-hydrogen) atoms. The molecule has 1 rings (SSSR count). The molecular weight excluding hydrogens is 256 g/mol. The van der Waals surface area contributed by atoms with Crippen molar-refractivity contribution in [2.75, 3.05) is 0 Å². The van der Waals surface area contributed by atoms with Gasteiger partial charge < -0.3 is 0 Å². The number of ketones is 1. The van der Waals surface area contributed by atoms with E-state index in [1.54, 1.807) is 6.21 Å². The van der Waals surface area contributed by atoms with Crippen LogP contribution in [0.1, 0.15) is 6.42 Å². The van der Waals surface area contributed by atoms with Gasteiger partial charge in [-0.25, -0.2) is 0 Å². The summed E-state index contributed by atoms with van der Waals surface area (Å²) in [6.45, 7) is 0. The van der Waals surface area contributed by atoms with E-state index in [-0.39, 0.29) is 22.9 Å². The molecule has 3 nitrogen and oxygen atoms in total. The standard InChI is InChI=1S/C5H5NO.Cl2O.H2Se/c7-5-1-3-6-4-2-5;1-3-2;/h1,3-4H,2H2;;1H2. The molecule has 0 fully saturated rings. The minimum absolute atomic E-state index is 0. The number of halogens is 2. The SMILES string of the molecule is ClOCl.O=C1C=CN=CC1.[SeH2]. The van der Waals surface area contributed by atoms with E-state index in [0.29, 0.717) is 6.42 Å². The number of hydrogen-bond acceptors (Lipinski definition) is 3. The molecule has 1 aliphatic rings. The number of nitrogens with zero attached hydrogens (tertiary/aromatic N) is 1. The van der Waals surface area contributed by atoms with E-state index in [1.807, 2.05) is 0 Å². The van der Waals surface area contributed by atoms with Crippen LogP contribution >= 0.6 is 23.7 Å². The Balaban J connectivity index is 0. The van der Waals surface area contributed by atoms with Crippen molar-refractivity contribution in [3.8, 4) is 0 Å². The first-order chi connectivity index (χ1) is 4.81. The number of aliphatic imine (C=N–C) groups is 1. The van der Waals surface area contributed by atoms with Gasteiger partial charge in [-0.3, -0.25) is 9.79 Å². The maximum absolute atomic E-state index is 10.3. The minimum atomic E-state index is 0. The second-order valence-electron chi connectivity index (χ2n) is 1.38. The summed E-state index contributed by atoms with van der Waals surface area (Å²) in [5.41, 5.74) is 0. The van der Waals surface area contributed by atoms with Gasteiger partial charge in [0.25, 0.3) is 0 Å². The second-order valence-corrected chi connectivity index (χ2v) is 1.84. The Kier molecular flexibility index (Phi) is 12.6. The molecule has 0 N–H and O–H groups in total. The summed E-state index contributed by atoms with van der Waals surface area (Å²) in [5.74, 6) is 0.134. The van der Waals surface area contributed by atoms with Gasteiger partial charge in [-0.1, -0.05) is 0 Å². The fourth-order valence-corrected chi connectivity index (χ4v) is 0.398. The van der Waals surface area contributed by atoms with E-state index in [2.05, 4.69) is 32.6 Å². The van der Waals surface area contributed by atoms with Crippen LogP contribution in [0.25, 0.3) is 0 Å². The maximum atomic E-state index is 10.3. The van der Waals surface area contributed by atoms with Gasteiger partial charge in [-0.2, -0.15) is 3.84 Å². The molecule has 0 saturated carbocycles. The van der Waals surface area contributed by atoms with Gasteiger partial charge in [0.05, 0.1) is 23.7 Å². The average molecular weight is 263 g/mol. The number of carbonyl (C=O) groups excluding carboxylic acids is 1. The predicted octanol–water partition coefficient (Wildman–Crippen LogP) is 0.938. The van der Waals surface area contributed by atoms with E-state index in [4.69, 9.17) is 0 Å². The Labute approximate surface area is 85.2 Å². The summed E-state index contributed by atoms with van der Waals surface area (Å²) in [6.07, 6.45) is 5.05. The van der Waals surface area contributed by atoms with Crippen molar-refractivity contribution in [3.05, 3.63) is 12.3 Å². The van der Waals surface area contributed by atoms with Crippen LogP contribution in [-0.4, -0.2) is 29.1 Å². The van der Waals surface area contributed by atoms with Gasteiger partial charge in [0.2, 0.25) is 0 Å². The molecule has 0 saturated heterocycles. The summed E-state index contributed by atoms with van der Waals surface area (Å²) < 4.78 is 3.19. The van der Waals surface area contributed by atoms with E-state index >= 15 is 0 Å². The molecular formula is C5H7Cl2NO2Se. The summed E-state index contributed by atoms with van der Waals surface area (Å²) in [7, 11) is 0. The Bertz CT molecular complexity index is 161. The normalized spacial score (nSPS) is 13.1. The fraction of sp³-hybridized carbons (Fsp3) is 0.200. The molecule has 0 aromatic rings. The molecule has 1 heterocycles. The van der Waals surface area contributed by atoms with Crippen LogP contribution in [0.2, 0.25) is 0 Å². The quantitative estimate of drug-likeness (QED) is 0.610. The molecule has 1 aliphatic heterocycles. The molecule has 6 heteroatoms. The van der Waals surface area contributed by atoms with Crippen LogP contribution in [0.4, 0.5) is 0 Å². The van der Waals surface area contributed by atoms with E-state index < -0.39 is 0 Å². The fourth-order valence-electron chi connectivity index (χ4n) is 0.398. The first-order valence-electron chi connectivity index (χ1n) is 2.41. The molecule has 0 aliphatic carbocycles. The van der Waals surface area contributed by atoms with Crippen molar-refractivity contribution >= 4 is 52.8 Å². The van der Waals surface area contributed by atoms with Crippen LogP contribution in [-0.2, 0) is 8.64 Å². The second kappa shape index (κ2) is 10.1. The van der Waals surface area contributed by atoms with Gasteiger partial charge >= 0.3 is 17.1 Å². The van der Waals surface area contributed by atoms with Gasteiger partial charge in [-0.05, 0) is 6.08 Å². The number of rotatable bonds is 0. The first kappa shape index (κ1) is 13.7. The summed E-state index contributed by atoms with van der Waals surface area (Å²) >= 11 is 8.53. The van der Waals surface area contributed by atoms with Crippen LogP contribution in [0.5, 0.6) is 0 Å². The number of hydrogen-bond donors (Lipinski definition) is 0. The van der Waals surface area contributed by atoms with E-state index in [1.165, 1.54) is 12.3 Å². The van der Waals surface area contributed by atoms with Crippen molar-refractivity contribution in [3.63, 3.8) is 0 Å². The van der Waals surface area contributed by atoms with Crippen molar-refractivity contribution in [1.82, 2.24) is 0 Å². The third-order valence-corrected chi connectivity index (χ3v) is 0.744. The van der Waals surface area contributed by atoms with Crippen LogP contribution < -0.4 is 0 Å². The summed E-state index contributed by atoms with van der Waals surface area (Å²) in [6, 6.07) is 0. The molecule has 0 bridgehead atoms. The van der Waals surface area contributed by atoms with Gasteiger partial charge in [-0.15, -0.1) is 0 Å². The van der Waals surface area contributed by atoms with Crippen molar-refractivity contribution < 1.29 is 8.64 Å². The molecule has 0 aromatic carbocycles. The van der Waals surface area contributed by atoms with Crippen molar-refractivity contribution in [2.24, 2.45) is 4.99 Å². The zero-order valence-corrected chi connectivity index (χ0v) is 9.07. The first-order valence-corrected chi connectivity index (χ1v) is 3.03. The Hall–Kier alpha value is 0.139. The Morgan fingerprint density at radius 3 is 2.27 bits per heavy atom. The molecule has 0 spiro atoms. The third kappa shape index (κ3) is 10.1. The van der Waals surface area contributed by atoms with Gasteiger partial charge in [0.15, 0.2) is 5.78 Å². The number of allylic oxidation sites excluding steroid dienone is 1. The zero-order valence-electron chi connectivity index (χ0n) is 5.46. The Morgan fingerprint density at radius 1 is 1.55 bits per heavy atom. The Morgan fingerprint density at radius 2 is 2.09 bits per heavy atom. The van der Waals surface area contributed by atoms with E-state index in [9.17, 15) is 4.79 Å². The van der Waals surface area contributed by atoms with Gasteiger partial charge in [0.1, 0.15) is 0 Å². The molecule has 0 amide bonds. The molecule has 0 aromatic heterocycles.